The van der Waals surface area contributed by atoms with Crippen molar-refractivity contribution in [1.29, 1.82) is 0 Å². The molecule has 636 valence electrons. The maximum absolute atomic E-state index is 4.84. The zero-order valence-electron chi connectivity index (χ0n) is 73.7. The van der Waals surface area contributed by atoms with Crippen LogP contribution >= 0.6 is 0 Å². The molecule has 0 atom stereocenters. The highest BCUT2D eigenvalue weighted by Crippen LogP contribution is 2.45. The minimum atomic E-state index is 1.01. The Labute approximate surface area is 782 Å². The van der Waals surface area contributed by atoms with Gasteiger partial charge in [-0.15, -0.1) is 0 Å². The number of hydrogen-bond acceptors (Lipinski definition) is 5. The maximum atomic E-state index is 4.84. The number of pyridine rings is 5. The summed E-state index contributed by atoms with van der Waals surface area (Å²) in [4.78, 5) is 22.7. The van der Waals surface area contributed by atoms with E-state index in [0.717, 1.165) is 67.1 Å². The van der Waals surface area contributed by atoms with Gasteiger partial charge in [0.2, 0.25) is 0 Å². The number of rotatable bonds is 12. The number of aromatic nitrogens is 11. The molecule has 17 aromatic carbocycles. The van der Waals surface area contributed by atoms with Gasteiger partial charge in [-0.1, -0.05) is 255 Å². The third kappa shape index (κ3) is 13.4. The fraction of sp³-hybridized carbons (Fsp3) is 0. The van der Waals surface area contributed by atoms with Crippen LogP contribution in [0.4, 0.5) is 0 Å². The molecule has 11 nitrogen and oxygen atoms in total. The van der Waals surface area contributed by atoms with Crippen molar-refractivity contribution in [3.63, 3.8) is 0 Å². The largest absolute Gasteiger partial charge is 0.309 e. The minimum Gasteiger partial charge on any atom is -0.309 e. The predicted molar refractivity (Wildman–Crippen MR) is 564 cm³/mol. The van der Waals surface area contributed by atoms with Gasteiger partial charge in [-0.2, -0.15) is 0 Å². The minimum absolute atomic E-state index is 1.01. The van der Waals surface area contributed by atoms with Gasteiger partial charge in [0.05, 0.1) is 103 Å². The van der Waals surface area contributed by atoms with Gasteiger partial charge < -0.3 is 27.4 Å². The predicted octanol–water partition coefficient (Wildman–Crippen LogP) is 31.8. The van der Waals surface area contributed by atoms with E-state index in [9.17, 15) is 0 Å². The van der Waals surface area contributed by atoms with Crippen LogP contribution in [0.1, 0.15) is 0 Å². The highest BCUT2D eigenvalue weighted by molar-refractivity contribution is 6.22. The van der Waals surface area contributed by atoms with Crippen molar-refractivity contribution in [3.05, 3.63) is 493 Å². The Hall–Kier alpha value is -18.5. The molecule has 0 fully saturated rings. The first-order chi connectivity index (χ1) is 67.5. The molecular formula is C125H81N11. The summed E-state index contributed by atoms with van der Waals surface area (Å²) in [5.41, 5.74) is 36.0. The smallest absolute Gasteiger partial charge is 0.0730 e. The molecule has 11 aromatic heterocycles. The highest BCUT2D eigenvalue weighted by atomic mass is 15.0. The van der Waals surface area contributed by atoms with Crippen LogP contribution in [0.3, 0.4) is 0 Å². The van der Waals surface area contributed by atoms with Crippen LogP contribution in [0.2, 0.25) is 0 Å². The van der Waals surface area contributed by atoms with Crippen LogP contribution in [0.5, 0.6) is 0 Å². The summed E-state index contributed by atoms with van der Waals surface area (Å²) >= 11 is 0. The van der Waals surface area contributed by atoms with Gasteiger partial charge in [-0.3, -0.25) is 24.9 Å². The molecule has 28 rings (SSSR count). The summed E-state index contributed by atoms with van der Waals surface area (Å²) in [6.45, 7) is 0. The topological polar surface area (TPSA) is 94.0 Å². The van der Waals surface area contributed by atoms with Crippen LogP contribution in [-0.4, -0.2) is 52.3 Å². The Morgan fingerprint density at radius 3 is 0.831 bits per heavy atom. The first kappa shape index (κ1) is 78.6. The van der Waals surface area contributed by atoms with E-state index in [1.165, 1.54) is 176 Å². The van der Waals surface area contributed by atoms with Gasteiger partial charge in [-0.25, -0.2) is 0 Å². The summed E-state index contributed by atoms with van der Waals surface area (Å²) in [5, 5.41) is 15.8. The van der Waals surface area contributed by atoms with E-state index >= 15 is 0 Å². The van der Waals surface area contributed by atoms with Crippen LogP contribution < -0.4 is 0 Å². The lowest BCUT2D eigenvalue weighted by Crippen LogP contribution is -1.94. The molecule has 28 aromatic rings. The molecule has 0 unspecified atom stereocenters. The van der Waals surface area contributed by atoms with E-state index in [-0.39, 0.29) is 0 Å². The molecule has 0 amide bonds. The monoisotopic (exact) mass is 1740 g/mol. The number of para-hydroxylation sites is 7. The third-order valence-electron chi connectivity index (χ3n) is 27.1. The van der Waals surface area contributed by atoms with E-state index < -0.39 is 0 Å². The fourth-order valence-corrected chi connectivity index (χ4v) is 20.9. The SMILES string of the molecule is c1ccc(-c2cccc(-n3c4ccc(-c5ccc(-c6ccc7c(c6)c6ccncc6n7-c6ccccc6)cc5)cc4c4ccncc43)c2)cc1.c1ccc(-n2c3ccc(-c4cccc(-c5ccc6c(c5)c5ccncc5n6-c5ccccc5)c4)cc3c3ccncc32)cc1.c1ccc(-n2c3ccccc3c3ccc(-c4ccc5c(c4)c4c6ccccc6ncc4n5-c4ccccc4)cc32)cc1. The molecule has 136 heavy (non-hydrogen) atoms. The average Bonchev–Trinajstić information content (AvgIpc) is 1.56. The quantitative estimate of drug-likeness (QED) is 0.121. The second kappa shape index (κ2) is 32.9. The van der Waals surface area contributed by atoms with E-state index in [1.54, 1.807) is 0 Å². The molecule has 0 bridgehead atoms. The number of benzene rings is 17. The van der Waals surface area contributed by atoms with Gasteiger partial charge in [0.15, 0.2) is 0 Å². The summed E-state index contributed by atoms with van der Waals surface area (Å²) in [5.74, 6) is 0. The van der Waals surface area contributed by atoms with Crippen LogP contribution in [-0.2, 0) is 0 Å². The Morgan fingerprint density at radius 1 is 0.132 bits per heavy atom. The second-order valence-corrected chi connectivity index (χ2v) is 34.8. The summed E-state index contributed by atoms with van der Waals surface area (Å²) < 4.78 is 14.0. The number of nitrogens with zero attached hydrogens (tertiary/aromatic N) is 11. The van der Waals surface area contributed by atoms with E-state index in [2.05, 4.69) is 484 Å². The van der Waals surface area contributed by atoms with Crippen molar-refractivity contribution in [3.8, 4) is 101 Å². The standard InChI is InChI=1S/C46H30N4.C40H26N4.C39H25N3/c1-3-8-31(9-4-1)34-10-7-13-38(26-34)50-44-21-19-36(28-42(44)40-23-25-48-30-46(40)50)33-16-14-32(15-17-33)35-18-20-43-41(27-35)39-22-24-47-29-45(39)49(43)37-11-5-2-6-12-37;1-3-10-31(11-4-1)43-37-16-14-29(23-35(37)33-18-20-41-25-39(33)43)27-8-7-9-28(22-27)30-15-17-38-36(24-30)34-19-21-42-26-40(34)44(38)32-12-5-2-6-13-32;1-3-11-28(12-4-1)41-35-18-10-8-15-30(35)31-21-19-27(24-37(31)41)26-20-22-36-33(23-26)39-32-16-7-9-17-34(32)40-25-38(39)42(36)29-13-5-2-6-14-29/h1-30H;1-26H;1-25H. The van der Waals surface area contributed by atoms with Gasteiger partial charge >= 0.3 is 0 Å². The first-order valence-electron chi connectivity index (χ1n) is 46.0. The molecule has 0 radical (unpaired) electrons. The Kier molecular flexibility index (Phi) is 19.0. The highest BCUT2D eigenvalue weighted by Gasteiger charge is 2.23. The molecule has 0 aliphatic rings. The van der Waals surface area contributed by atoms with Crippen molar-refractivity contribution in [2.75, 3.05) is 0 Å². The van der Waals surface area contributed by atoms with E-state index in [1.807, 2.05) is 55.8 Å². The lowest BCUT2D eigenvalue weighted by Gasteiger charge is -2.11. The van der Waals surface area contributed by atoms with Crippen molar-refractivity contribution >= 4 is 142 Å². The van der Waals surface area contributed by atoms with Crippen LogP contribution in [0, 0.1) is 0 Å². The molecule has 11 heteroatoms. The molecule has 0 saturated carbocycles. The zero-order valence-corrected chi connectivity index (χ0v) is 73.7. The Balaban J connectivity index is 0.000000106. The Morgan fingerprint density at radius 2 is 0.397 bits per heavy atom. The molecule has 0 N–H and O–H groups in total. The van der Waals surface area contributed by atoms with Gasteiger partial charge in [0.1, 0.15) is 0 Å². The van der Waals surface area contributed by atoms with Gasteiger partial charge in [0, 0.05) is 129 Å². The molecule has 11 heterocycles. The molecule has 0 saturated heterocycles. The first-order valence-corrected chi connectivity index (χ1v) is 46.0. The van der Waals surface area contributed by atoms with Crippen molar-refractivity contribution in [2.24, 2.45) is 0 Å². The summed E-state index contributed by atoms with van der Waals surface area (Å²) in [6.07, 6.45) is 17.4. The number of hydrogen-bond donors (Lipinski definition) is 0. The molecule has 0 aliphatic carbocycles. The molecule has 0 aliphatic heterocycles. The van der Waals surface area contributed by atoms with Crippen LogP contribution in [0.25, 0.3) is 243 Å². The lowest BCUT2D eigenvalue weighted by molar-refractivity contribution is 1.17. The normalized spacial score (nSPS) is 11.7. The van der Waals surface area contributed by atoms with Crippen molar-refractivity contribution in [1.82, 2.24) is 52.3 Å². The summed E-state index contributed by atoms with van der Waals surface area (Å²) in [6, 6.07) is 156. The fourth-order valence-electron chi connectivity index (χ4n) is 20.9. The second-order valence-electron chi connectivity index (χ2n) is 34.8. The molecule has 0 spiro atoms. The van der Waals surface area contributed by atoms with E-state index in [0.29, 0.717) is 0 Å². The zero-order chi connectivity index (χ0) is 89.7. The van der Waals surface area contributed by atoms with E-state index in [4.69, 9.17) is 4.98 Å². The number of fused-ring (bicyclic) bond motifs is 20. The van der Waals surface area contributed by atoms with Gasteiger partial charge in [0.25, 0.3) is 0 Å². The third-order valence-corrected chi connectivity index (χ3v) is 27.1. The molecular weight excluding hydrogens is 1660 g/mol. The maximum Gasteiger partial charge on any atom is 0.0730 e. The van der Waals surface area contributed by atoms with Crippen LogP contribution in [0.15, 0.2) is 493 Å². The van der Waals surface area contributed by atoms with Crippen molar-refractivity contribution in [2.45, 2.75) is 0 Å². The van der Waals surface area contributed by atoms with Crippen molar-refractivity contribution < 1.29 is 0 Å². The average molecular weight is 1740 g/mol. The lowest BCUT2D eigenvalue weighted by atomic mass is 9.97. The summed E-state index contributed by atoms with van der Waals surface area (Å²) in [7, 11) is 0. The Bertz CT molecular complexity index is 9350. The van der Waals surface area contributed by atoms with Gasteiger partial charge in [-0.05, 0) is 249 Å².